The molecule has 2 aromatic heterocycles. The first-order valence-corrected chi connectivity index (χ1v) is 12.8. The summed E-state index contributed by atoms with van der Waals surface area (Å²) in [6, 6.07) is 15.7. The standard InChI is InChI=1S/C26H26N4O2S2/c1-3-5-15-31-23-19(17-27)20(18-28)24(32-16-6-4-2)26(34-22-12-8-10-14-30-22)25(23)33-21-11-7-9-13-29-21/h7-14H,3-6,15-16H2,1-2H3. The molecule has 0 atom stereocenters. The van der Waals surface area contributed by atoms with Crippen molar-refractivity contribution in [3.05, 3.63) is 59.9 Å². The molecule has 0 fully saturated rings. The number of hydrogen-bond acceptors (Lipinski definition) is 8. The van der Waals surface area contributed by atoms with Crippen LogP contribution in [0, 0.1) is 22.7 Å². The van der Waals surface area contributed by atoms with Crippen LogP contribution < -0.4 is 9.47 Å². The van der Waals surface area contributed by atoms with Gasteiger partial charge >= 0.3 is 0 Å². The molecule has 0 spiro atoms. The van der Waals surface area contributed by atoms with Gasteiger partial charge in [0.1, 0.15) is 33.3 Å². The second-order valence-electron chi connectivity index (χ2n) is 7.23. The van der Waals surface area contributed by atoms with Crippen molar-refractivity contribution in [2.45, 2.75) is 59.4 Å². The van der Waals surface area contributed by atoms with Crippen molar-refractivity contribution in [1.29, 1.82) is 10.5 Å². The van der Waals surface area contributed by atoms with E-state index in [1.165, 1.54) is 23.5 Å². The molecular formula is C26H26N4O2S2. The highest BCUT2D eigenvalue weighted by molar-refractivity contribution is 8.02. The fourth-order valence-electron chi connectivity index (χ4n) is 3.00. The molecule has 2 heterocycles. The highest BCUT2D eigenvalue weighted by Crippen LogP contribution is 2.51. The lowest BCUT2D eigenvalue weighted by atomic mass is 10.1. The second-order valence-corrected chi connectivity index (χ2v) is 9.30. The van der Waals surface area contributed by atoms with Crippen molar-refractivity contribution < 1.29 is 9.47 Å². The van der Waals surface area contributed by atoms with E-state index in [4.69, 9.17) is 9.47 Å². The van der Waals surface area contributed by atoms with Crippen LogP contribution in [0.15, 0.2) is 68.6 Å². The molecule has 6 nitrogen and oxygen atoms in total. The Balaban J connectivity index is 2.27. The van der Waals surface area contributed by atoms with Crippen LogP contribution in [0.3, 0.4) is 0 Å². The summed E-state index contributed by atoms with van der Waals surface area (Å²) in [5.41, 5.74) is 0.378. The summed E-state index contributed by atoms with van der Waals surface area (Å²) in [6.07, 6.45) is 7.00. The maximum absolute atomic E-state index is 10.1. The fourth-order valence-corrected chi connectivity index (χ4v) is 5.06. The quantitative estimate of drug-likeness (QED) is 0.254. The van der Waals surface area contributed by atoms with Gasteiger partial charge in [-0.05, 0) is 37.1 Å². The third kappa shape index (κ3) is 6.44. The normalized spacial score (nSPS) is 10.4. The third-order valence-corrected chi connectivity index (χ3v) is 6.94. The molecule has 3 aromatic rings. The molecule has 1 aromatic carbocycles. The molecule has 0 aliphatic heterocycles. The third-order valence-electron chi connectivity index (χ3n) is 4.72. The number of pyridine rings is 2. The van der Waals surface area contributed by atoms with Crippen molar-refractivity contribution in [1.82, 2.24) is 9.97 Å². The number of hydrogen-bond donors (Lipinski definition) is 0. The number of nitriles is 2. The molecule has 0 saturated carbocycles. The second kappa shape index (κ2) is 13.5. The van der Waals surface area contributed by atoms with E-state index in [1.807, 2.05) is 36.4 Å². The monoisotopic (exact) mass is 490 g/mol. The summed E-state index contributed by atoms with van der Waals surface area (Å²) >= 11 is 2.79. The van der Waals surface area contributed by atoms with Gasteiger partial charge in [0, 0.05) is 12.4 Å². The van der Waals surface area contributed by atoms with Crippen LogP contribution in [-0.4, -0.2) is 23.2 Å². The van der Waals surface area contributed by atoms with Crippen LogP contribution in [0.5, 0.6) is 11.5 Å². The Morgan fingerprint density at radius 1 is 0.735 bits per heavy atom. The Morgan fingerprint density at radius 2 is 1.18 bits per heavy atom. The van der Waals surface area contributed by atoms with Gasteiger partial charge in [-0.25, -0.2) is 9.97 Å². The van der Waals surface area contributed by atoms with E-state index in [1.54, 1.807) is 12.4 Å². The molecule has 0 N–H and O–H groups in total. The van der Waals surface area contributed by atoms with Crippen LogP contribution in [0.25, 0.3) is 0 Å². The van der Waals surface area contributed by atoms with Crippen LogP contribution >= 0.6 is 23.5 Å². The average molecular weight is 491 g/mol. The van der Waals surface area contributed by atoms with E-state index in [0.29, 0.717) is 34.5 Å². The smallest absolute Gasteiger partial charge is 0.153 e. The average Bonchev–Trinajstić information content (AvgIpc) is 2.87. The maximum atomic E-state index is 10.1. The van der Waals surface area contributed by atoms with Crippen molar-refractivity contribution >= 4 is 23.5 Å². The molecule has 0 saturated heterocycles. The minimum Gasteiger partial charge on any atom is -0.491 e. The van der Waals surface area contributed by atoms with Gasteiger partial charge in [-0.3, -0.25) is 0 Å². The minimum absolute atomic E-state index is 0.189. The maximum Gasteiger partial charge on any atom is 0.153 e. The summed E-state index contributed by atoms with van der Waals surface area (Å²) in [5, 5.41) is 21.6. The van der Waals surface area contributed by atoms with Crippen molar-refractivity contribution in [2.24, 2.45) is 0 Å². The van der Waals surface area contributed by atoms with Gasteiger partial charge in [0.15, 0.2) is 11.5 Å². The summed E-state index contributed by atoms with van der Waals surface area (Å²) in [4.78, 5) is 10.3. The van der Waals surface area contributed by atoms with Crippen LogP contribution in [0.4, 0.5) is 0 Å². The largest absolute Gasteiger partial charge is 0.491 e. The summed E-state index contributed by atoms with van der Waals surface area (Å²) < 4.78 is 12.3. The molecule has 174 valence electrons. The summed E-state index contributed by atoms with van der Waals surface area (Å²) in [6.45, 7) is 5.03. The number of nitrogens with zero attached hydrogens (tertiary/aromatic N) is 4. The number of ether oxygens (including phenoxy) is 2. The van der Waals surface area contributed by atoms with Crippen molar-refractivity contribution in [3.8, 4) is 23.6 Å². The molecule has 0 aliphatic rings. The van der Waals surface area contributed by atoms with E-state index in [-0.39, 0.29) is 11.1 Å². The Morgan fingerprint density at radius 3 is 1.50 bits per heavy atom. The molecule has 0 bridgehead atoms. The molecule has 0 aliphatic carbocycles. The molecule has 3 rings (SSSR count). The van der Waals surface area contributed by atoms with Crippen molar-refractivity contribution in [2.75, 3.05) is 13.2 Å². The zero-order chi connectivity index (χ0) is 24.2. The van der Waals surface area contributed by atoms with Crippen LogP contribution in [-0.2, 0) is 0 Å². The lowest BCUT2D eigenvalue weighted by molar-refractivity contribution is 0.286. The Kier molecular flexibility index (Phi) is 10.1. The number of unbranched alkanes of at least 4 members (excludes halogenated alkanes) is 2. The van der Waals surface area contributed by atoms with E-state index in [0.717, 1.165) is 35.7 Å². The first-order valence-electron chi connectivity index (χ1n) is 11.2. The van der Waals surface area contributed by atoms with Gasteiger partial charge in [0.25, 0.3) is 0 Å². The first kappa shape index (κ1) is 25.4. The fraction of sp³-hybridized carbons (Fsp3) is 0.308. The zero-order valence-electron chi connectivity index (χ0n) is 19.3. The molecule has 0 amide bonds. The van der Waals surface area contributed by atoms with Gasteiger partial charge in [-0.1, -0.05) is 62.3 Å². The number of aromatic nitrogens is 2. The van der Waals surface area contributed by atoms with Crippen LogP contribution in [0.1, 0.15) is 50.7 Å². The van der Waals surface area contributed by atoms with Crippen molar-refractivity contribution in [3.63, 3.8) is 0 Å². The highest BCUT2D eigenvalue weighted by Gasteiger charge is 2.28. The lowest BCUT2D eigenvalue weighted by Crippen LogP contribution is -2.07. The molecule has 8 heteroatoms. The van der Waals surface area contributed by atoms with E-state index < -0.39 is 0 Å². The SMILES string of the molecule is CCCCOc1c(C#N)c(C#N)c(OCCCC)c(Sc2ccccn2)c1Sc1ccccn1. The van der Waals surface area contributed by atoms with Crippen LogP contribution in [0.2, 0.25) is 0 Å². The van der Waals surface area contributed by atoms with Gasteiger partial charge in [0.05, 0.1) is 23.0 Å². The predicted octanol–water partition coefficient (Wildman–Crippen LogP) is 6.88. The van der Waals surface area contributed by atoms with Gasteiger partial charge in [-0.15, -0.1) is 0 Å². The minimum atomic E-state index is 0.189. The first-order chi connectivity index (χ1) is 16.7. The molecule has 0 radical (unpaired) electrons. The van der Waals surface area contributed by atoms with Gasteiger partial charge < -0.3 is 9.47 Å². The summed E-state index contributed by atoms with van der Waals surface area (Å²) in [7, 11) is 0. The molecule has 34 heavy (non-hydrogen) atoms. The Bertz CT molecular complexity index is 1070. The lowest BCUT2D eigenvalue weighted by Gasteiger charge is -2.21. The zero-order valence-corrected chi connectivity index (χ0v) is 20.9. The van der Waals surface area contributed by atoms with Gasteiger partial charge in [0.2, 0.25) is 0 Å². The van der Waals surface area contributed by atoms with E-state index >= 15 is 0 Å². The Labute approximate surface area is 209 Å². The summed E-state index contributed by atoms with van der Waals surface area (Å²) in [5.74, 6) is 0.786. The van der Waals surface area contributed by atoms with E-state index in [9.17, 15) is 10.5 Å². The molecule has 0 unspecified atom stereocenters. The number of benzene rings is 1. The van der Waals surface area contributed by atoms with Gasteiger partial charge in [-0.2, -0.15) is 10.5 Å². The topological polar surface area (TPSA) is 91.8 Å². The van der Waals surface area contributed by atoms with E-state index in [2.05, 4.69) is 36.0 Å². The molecular weight excluding hydrogens is 464 g/mol. The predicted molar refractivity (Wildman–Crippen MR) is 133 cm³/mol. The Hall–Kier alpha value is -3.20. The number of rotatable bonds is 12. The highest BCUT2D eigenvalue weighted by atomic mass is 32.2.